The van der Waals surface area contributed by atoms with Gasteiger partial charge in [-0.1, -0.05) is 13.8 Å². The van der Waals surface area contributed by atoms with E-state index >= 15 is 0 Å². The number of carbonyl (C=O) groups is 2. The molecular weight excluding hydrogens is 230 g/mol. The van der Waals surface area contributed by atoms with Crippen LogP contribution in [0, 0.1) is 0 Å². The Morgan fingerprint density at radius 2 is 1.50 bits per heavy atom. The molecule has 0 aromatic rings. The summed E-state index contributed by atoms with van der Waals surface area (Å²) in [5.41, 5.74) is 0.0417. The highest BCUT2D eigenvalue weighted by Gasteiger charge is 2.17. The zero-order chi connectivity index (χ0) is 14.8. The van der Waals surface area contributed by atoms with Crippen molar-refractivity contribution in [3.8, 4) is 0 Å². The Balaban J connectivity index is 0. The maximum atomic E-state index is 10.7. The third-order valence-electron chi connectivity index (χ3n) is 2.38. The van der Waals surface area contributed by atoms with Crippen LogP contribution in [-0.2, 0) is 14.3 Å². The molecule has 1 rings (SSSR count). The van der Waals surface area contributed by atoms with E-state index in [0.29, 0.717) is 25.9 Å². The molecule has 0 N–H and O–H groups in total. The third-order valence-corrected chi connectivity index (χ3v) is 2.38. The quantitative estimate of drug-likeness (QED) is 0.672. The summed E-state index contributed by atoms with van der Waals surface area (Å²) in [6, 6.07) is 0. The molecule has 0 aromatic carbocycles. The van der Waals surface area contributed by atoms with Gasteiger partial charge in [-0.3, -0.25) is 9.59 Å². The first-order chi connectivity index (χ1) is 8.26. The molecule has 0 bridgehead atoms. The van der Waals surface area contributed by atoms with E-state index in [1.54, 1.807) is 12.0 Å². The molecule has 4 nitrogen and oxygen atoms in total. The first-order valence-electron chi connectivity index (χ1n) is 6.58. The molecule has 1 heterocycles. The van der Waals surface area contributed by atoms with Crippen LogP contribution in [0.15, 0.2) is 0 Å². The van der Waals surface area contributed by atoms with E-state index in [9.17, 15) is 9.59 Å². The van der Waals surface area contributed by atoms with Crippen LogP contribution in [0.5, 0.6) is 0 Å². The second-order valence-corrected chi connectivity index (χ2v) is 4.86. The summed E-state index contributed by atoms with van der Waals surface area (Å²) in [5.74, 6) is 0.352. The van der Waals surface area contributed by atoms with Crippen molar-refractivity contribution in [2.24, 2.45) is 0 Å². The van der Waals surface area contributed by atoms with Crippen molar-refractivity contribution in [1.82, 2.24) is 4.90 Å². The summed E-state index contributed by atoms with van der Waals surface area (Å²) < 4.78 is 4.94. The Bertz CT molecular complexity index is 234. The second-order valence-electron chi connectivity index (χ2n) is 4.86. The van der Waals surface area contributed by atoms with Crippen molar-refractivity contribution in [1.29, 1.82) is 0 Å². The largest absolute Gasteiger partial charge is 0.379 e. The lowest BCUT2D eigenvalue weighted by Gasteiger charge is -2.24. The molecule has 108 valence electrons. The van der Waals surface area contributed by atoms with Gasteiger partial charge >= 0.3 is 0 Å². The van der Waals surface area contributed by atoms with E-state index in [1.165, 1.54) is 6.92 Å². The molecule has 0 saturated carbocycles. The number of ketones is 1. The minimum Gasteiger partial charge on any atom is -0.379 e. The highest BCUT2D eigenvalue weighted by Crippen LogP contribution is 2.04. The van der Waals surface area contributed by atoms with Gasteiger partial charge in [0.25, 0.3) is 0 Å². The maximum absolute atomic E-state index is 10.7. The van der Waals surface area contributed by atoms with E-state index in [0.717, 1.165) is 0 Å². The number of hydrogen-bond acceptors (Lipinski definition) is 3. The van der Waals surface area contributed by atoms with Gasteiger partial charge in [0.15, 0.2) is 0 Å². The molecule has 4 heteroatoms. The first-order valence-corrected chi connectivity index (χ1v) is 6.58. The van der Waals surface area contributed by atoms with Crippen molar-refractivity contribution in [2.75, 3.05) is 20.2 Å². The highest BCUT2D eigenvalue weighted by molar-refractivity contribution is 5.82. The Morgan fingerprint density at radius 3 is 1.72 bits per heavy atom. The summed E-state index contributed by atoms with van der Waals surface area (Å²) in [5, 5.41) is 0. The number of ether oxygens (including phenoxy) is 1. The molecule has 1 aliphatic rings. The minimum absolute atomic E-state index is 0.0417. The predicted molar refractivity (Wildman–Crippen MR) is 74.6 cm³/mol. The van der Waals surface area contributed by atoms with Gasteiger partial charge < -0.3 is 9.64 Å². The van der Waals surface area contributed by atoms with E-state index in [2.05, 4.69) is 0 Å². The van der Waals surface area contributed by atoms with E-state index < -0.39 is 0 Å². The number of methoxy groups -OCH3 is 1. The van der Waals surface area contributed by atoms with E-state index in [1.807, 2.05) is 34.6 Å². The van der Waals surface area contributed by atoms with Gasteiger partial charge in [0, 0.05) is 40.0 Å². The average molecular weight is 259 g/mol. The number of carbonyl (C=O) groups excluding carboxylic acids is 2. The van der Waals surface area contributed by atoms with Gasteiger partial charge in [0.05, 0.1) is 5.60 Å². The van der Waals surface area contributed by atoms with Gasteiger partial charge in [-0.2, -0.15) is 0 Å². The zero-order valence-corrected chi connectivity index (χ0v) is 13.0. The lowest BCUT2D eigenvalue weighted by molar-refractivity contribution is -0.132. The van der Waals surface area contributed by atoms with Crippen LogP contribution in [0.1, 0.15) is 54.4 Å². The van der Waals surface area contributed by atoms with E-state index in [4.69, 9.17) is 4.74 Å². The minimum atomic E-state index is 0.0417. The SMILES string of the molecule is CC.CC(=O)N1CCC(=O)CC1.COC(C)(C)C. The Morgan fingerprint density at radius 1 is 1.17 bits per heavy atom. The van der Waals surface area contributed by atoms with Gasteiger partial charge in [-0.15, -0.1) is 0 Å². The van der Waals surface area contributed by atoms with Crippen LogP contribution in [0.2, 0.25) is 0 Å². The molecule has 0 spiro atoms. The topological polar surface area (TPSA) is 46.6 Å². The maximum Gasteiger partial charge on any atom is 0.219 e. The molecule has 0 atom stereocenters. The van der Waals surface area contributed by atoms with Gasteiger partial charge in [0.1, 0.15) is 5.78 Å². The zero-order valence-electron chi connectivity index (χ0n) is 13.0. The number of Topliss-reactive ketones (excluding diaryl/α,β-unsaturated/α-hetero) is 1. The average Bonchev–Trinajstić information content (AvgIpc) is 2.32. The third kappa shape index (κ3) is 11.6. The molecule has 0 aromatic heterocycles. The fourth-order valence-electron chi connectivity index (χ4n) is 1.07. The van der Waals surface area contributed by atoms with Crippen molar-refractivity contribution in [2.45, 2.75) is 60.0 Å². The summed E-state index contributed by atoms with van der Waals surface area (Å²) in [7, 11) is 1.71. The molecular formula is C14H29NO3. The van der Waals surface area contributed by atoms with Crippen LogP contribution < -0.4 is 0 Å². The molecule has 0 unspecified atom stereocenters. The summed E-state index contributed by atoms with van der Waals surface area (Å²) in [4.78, 5) is 23.1. The summed E-state index contributed by atoms with van der Waals surface area (Å²) in [6.45, 7) is 12.8. The lowest BCUT2D eigenvalue weighted by atomic mass is 10.1. The van der Waals surface area contributed by atoms with Crippen molar-refractivity contribution in [3.05, 3.63) is 0 Å². The number of piperidine rings is 1. The number of rotatable bonds is 0. The molecule has 1 aliphatic heterocycles. The molecule has 18 heavy (non-hydrogen) atoms. The highest BCUT2D eigenvalue weighted by atomic mass is 16.5. The fourth-order valence-corrected chi connectivity index (χ4v) is 1.07. The monoisotopic (exact) mass is 259 g/mol. The Hall–Kier alpha value is -0.900. The molecule has 1 saturated heterocycles. The number of nitrogens with zero attached hydrogens (tertiary/aromatic N) is 1. The van der Waals surface area contributed by atoms with Crippen molar-refractivity contribution >= 4 is 11.7 Å². The summed E-state index contributed by atoms with van der Waals surface area (Å²) in [6.07, 6.45) is 1.08. The van der Waals surface area contributed by atoms with Gasteiger partial charge in [-0.05, 0) is 20.8 Å². The molecule has 0 radical (unpaired) electrons. The van der Waals surface area contributed by atoms with Crippen LogP contribution in [-0.4, -0.2) is 42.4 Å². The lowest BCUT2D eigenvalue weighted by Crippen LogP contribution is -2.36. The van der Waals surface area contributed by atoms with Crippen LogP contribution in [0.25, 0.3) is 0 Å². The summed E-state index contributed by atoms with van der Waals surface area (Å²) >= 11 is 0. The number of amides is 1. The Labute approximate surface area is 112 Å². The second kappa shape index (κ2) is 10.1. The van der Waals surface area contributed by atoms with E-state index in [-0.39, 0.29) is 17.3 Å². The van der Waals surface area contributed by atoms with Crippen molar-refractivity contribution < 1.29 is 14.3 Å². The molecule has 0 aliphatic carbocycles. The predicted octanol–water partition coefficient (Wildman–Crippen LogP) is 2.66. The Kier molecular flexibility index (Phi) is 10.9. The van der Waals surface area contributed by atoms with Crippen LogP contribution in [0.4, 0.5) is 0 Å². The van der Waals surface area contributed by atoms with Gasteiger partial charge in [-0.25, -0.2) is 0 Å². The standard InChI is InChI=1S/C7H11NO2.C5H12O.C2H6/c1-6(9)8-4-2-7(10)3-5-8;1-5(2,3)6-4;1-2/h2-5H2,1H3;1-4H3;1-2H3. The number of likely N-dealkylation sites (tertiary alicyclic amines) is 1. The van der Waals surface area contributed by atoms with Gasteiger partial charge in [0.2, 0.25) is 5.91 Å². The van der Waals surface area contributed by atoms with Crippen molar-refractivity contribution in [3.63, 3.8) is 0 Å². The smallest absolute Gasteiger partial charge is 0.219 e. The van der Waals surface area contributed by atoms with Crippen LogP contribution in [0.3, 0.4) is 0 Å². The number of hydrogen-bond donors (Lipinski definition) is 0. The first kappa shape index (κ1) is 19.4. The molecule has 1 amide bonds. The fraction of sp³-hybridized carbons (Fsp3) is 0.857. The van der Waals surface area contributed by atoms with Crippen LogP contribution >= 0.6 is 0 Å². The molecule has 1 fully saturated rings. The normalized spacial score (nSPS) is 15.1.